The summed E-state index contributed by atoms with van der Waals surface area (Å²) in [6, 6.07) is 7.63. The van der Waals surface area contributed by atoms with Crippen LogP contribution < -0.4 is 5.73 Å². The van der Waals surface area contributed by atoms with Crippen molar-refractivity contribution in [3.8, 4) is 0 Å². The summed E-state index contributed by atoms with van der Waals surface area (Å²) < 4.78 is 15.2. The van der Waals surface area contributed by atoms with Crippen LogP contribution >= 0.6 is 0 Å². The van der Waals surface area contributed by atoms with Gasteiger partial charge in [-0.15, -0.1) is 0 Å². The van der Waals surface area contributed by atoms with Crippen LogP contribution in [0.2, 0.25) is 0 Å². The van der Waals surface area contributed by atoms with Crippen molar-refractivity contribution in [3.63, 3.8) is 0 Å². The van der Waals surface area contributed by atoms with Crippen LogP contribution in [0.3, 0.4) is 0 Å². The zero-order chi connectivity index (χ0) is 12.6. The first-order valence-corrected chi connectivity index (χ1v) is 6.47. The molecule has 2 atom stereocenters. The molecule has 0 saturated heterocycles. The summed E-state index contributed by atoms with van der Waals surface area (Å²) in [5.41, 5.74) is 5.44. The molecule has 1 saturated carbocycles. The van der Waals surface area contributed by atoms with Crippen LogP contribution in [-0.2, 0) is 5.67 Å². The summed E-state index contributed by atoms with van der Waals surface area (Å²) in [5, 5.41) is 1.95. The van der Waals surface area contributed by atoms with Gasteiger partial charge in [0.15, 0.2) is 0 Å². The Morgan fingerprint density at radius 1 is 1.33 bits per heavy atom. The van der Waals surface area contributed by atoms with E-state index in [4.69, 9.17) is 5.73 Å². The van der Waals surface area contributed by atoms with Crippen molar-refractivity contribution in [3.05, 3.63) is 42.2 Å². The minimum Gasteiger partial charge on any atom is -0.328 e. The predicted molar refractivity (Wildman–Crippen MR) is 71.0 cm³/mol. The fourth-order valence-corrected chi connectivity index (χ4v) is 3.02. The van der Waals surface area contributed by atoms with Crippen LogP contribution in [-0.4, -0.2) is 11.0 Å². The molecule has 3 heteroatoms. The van der Waals surface area contributed by atoms with Gasteiger partial charge in [-0.3, -0.25) is 4.98 Å². The second-order valence-electron chi connectivity index (χ2n) is 5.22. The second kappa shape index (κ2) is 4.32. The lowest BCUT2D eigenvalue weighted by Gasteiger charge is -2.34. The van der Waals surface area contributed by atoms with Gasteiger partial charge in [-0.2, -0.15) is 0 Å². The van der Waals surface area contributed by atoms with Crippen molar-refractivity contribution >= 4 is 10.8 Å². The van der Waals surface area contributed by atoms with Crippen molar-refractivity contribution in [2.45, 2.75) is 37.4 Å². The number of nitrogens with two attached hydrogens (primary N) is 1. The number of hydrogen-bond donors (Lipinski definition) is 1. The van der Waals surface area contributed by atoms with E-state index in [2.05, 4.69) is 4.98 Å². The monoisotopic (exact) mass is 244 g/mol. The molecule has 1 aliphatic rings. The Kier molecular flexibility index (Phi) is 2.78. The lowest BCUT2D eigenvalue weighted by molar-refractivity contribution is 0.0964. The fourth-order valence-electron chi connectivity index (χ4n) is 3.02. The van der Waals surface area contributed by atoms with E-state index in [1.807, 2.05) is 24.3 Å². The molecule has 2 nitrogen and oxygen atoms in total. The Balaban J connectivity index is 2.13. The number of rotatable bonds is 1. The molecule has 94 valence electrons. The Bertz CT molecular complexity index is 564. The third-order valence-electron chi connectivity index (χ3n) is 3.90. The van der Waals surface area contributed by atoms with Crippen LogP contribution in [0.4, 0.5) is 4.39 Å². The van der Waals surface area contributed by atoms with E-state index < -0.39 is 5.67 Å². The number of pyridine rings is 1. The van der Waals surface area contributed by atoms with Crippen molar-refractivity contribution in [2.75, 3.05) is 0 Å². The number of aromatic nitrogens is 1. The molecule has 1 heterocycles. The summed E-state index contributed by atoms with van der Waals surface area (Å²) in [7, 11) is 0. The van der Waals surface area contributed by atoms with Crippen LogP contribution in [0.5, 0.6) is 0 Å². The van der Waals surface area contributed by atoms with Crippen molar-refractivity contribution < 1.29 is 4.39 Å². The maximum Gasteiger partial charge on any atom is 0.138 e. The Hall–Kier alpha value is -1.48. The molecule has 3 rings (SSSR count). The summed E-state index contributed by atoms with van der Waals surface area (Å²) in [4.78, 5) is 4.09. The Labute approximate surface area is 106 Å². The average molecular weight is 244 g/mol. The van der Waals surface area contributed by atoms with Gasteiger partial charge < -0.3 is 5.73 Å². The van der Waals surface area contributed by atoms with E-state index in [1.54, 1.807) is 12.4 Å². The number of fused-ring (bicyclic) bond motifs is 1. The fraction of sp³-hybridized carbons (Fsp3) is 0.400. The van der Waals surface area contributed by atoms with Crippen LogP contribution in [0.25, 0.3) is 10.8 Å². The number of benzene rings is 1. The number of alkyl halides is 1. The van der Waals surface area contributed by atoms with E-state index in [9.17, 15) is 0 Å². The molecule has 2 unspecified atom stereocenters. The minimum absolute atomic E-state index is 0.0270. The highest BCUT2D eigenvalue weighted by Crippen LogP contribution is 2.42. The molecular weight excluding hydrogens is 227 g/mol. The van der Waals surface area contributed by atoms with Gasteiger partial charge in [-0.05, 0) is 36.3 Å². The Morgan fingerprint density at radius 3 is 3.06 bits per heavy atom. The number of hydrogen-bond acceptors (Lipinski definition) is 2. The summed E-state index contributed by atoms with van der Waals surface area (Å²) >= 11 is 0. The highest BCUT2D eigenvalue weighted by molar-refractivity contribution is 5.85. The van der Waals surface area contributed by atoms with Crippen LogP contribution in [0.15, 0.2) is 36.7 Å². The molecule has 18 heavy (non-hydrogen) atoms. The smallest absolute Gasteiger partial charge is 0.138 e. The van der Waals surface area contributed by atoms with E-state index in [1.165, 1.54) is 0 Å². The molecule has 2 aromatic rings. The first-order chi connectivity index (χ1) is 8.69. The minimum atomic E-state index is -1.28. The maximum absolute atomic E-state index is 15.2. The molecule has 1 fully saturated rings. The number of halogens is 1. The lowest BCUT2D eigenvalue weighted by atomic mass is 9.77. The van der Waals surface area contributed by atoms with Crippen molar-refractivity contribution in [1.82, 2.24) is 4.98 Å². The second-order valence-corrected chi connectivity index (χ2v) is 5.22. The zero-order valence-corrected chi connectivity index (χ0v) is 10.3. The highest BCUT2D eigenvalue weighted by atomic mass is 19.1. The van der Waals surface area contributed by atoms with Crippen molar-refractivity contribution in [1.29, 1.82) is 0 Å². The summed E-state index contributed by atoms with van der Waals surface area (Å²) in [6.07, 6.45) is 6.29. The molecule has 0 amide bonds. The van der Waals surface area contributed by atoms with Gasteiger partial charge in [0.2, 0.25) is 0 Å². The van der Waals surface area contributed by atoms with Gasteiger partial charge in [-0.1, -0.05) is 18.2 Å². The van der Waals surface area contributed by atoms with Gasteiger partial charge in [0, 0.05) is 30.2 Å². The van der Waals surface area contributed by atoms with Gasteiger partial charge in [-0.25, -0.2) is 4.39 Å². The van der Waals surface area contributed by atoms with Gasteiger partial charge >= 0.3 is 0 Å². The quantitative estimate of drug-likeness (QED) is 0.836. The van der Waals surface area contributed by atoms with E-state index >= 15 is 4.39 Å². The standard InChI is InChI=1S/C15H17FN2/c16-15(7-2-4-12(17)9-15)14-5-1-3-11-10-18-8-6-13(11)14/h1,3,5-6,8,10,12H,2,4,7,9,17H2. The van der Waals surface area contributed by atoms with Crippen molar-refractivity contribution in [2.24, 2.45) is 5.73 Å². The first kappa shape index (κ1) is 11.6. The largest absolute Gasteiger partial charge is 0.328 e. The molecule has 0 bridgehead atoms. The topological polar surface area (TPSA) is 38.9 Å². The third-order valence-corrected chi connectivity index (χ3v) is 3.90. The molecule has 2 N–H and O–H groups in total. The first-order valence-electron chi connectivity index (χ1n) is 6.47. The Morgan fingerprint density at radius 2 is 2.22 bits per heavy atom. The van der Waals surface area contributed by atoms with Crippen LogP contribution in [0, 0.1) is 0 Å². The van der Waals surface area contributed by atoms with Gasteiger partial charge in [0.1, 0.15) is 5.67 Å². The third kappa shape index (κ3) is 1.89. The van der Waals surface area contributed by atoms with E-state index in [0.29, 0.717) is 12.8 Å². The molecule has 1 aromatic carbocycles. The average Bonchev–Trinajstić information content (AvgIpc) is 2.38. The summed E-state index contributed by atoms with van der Waals surface area (Å²) in [6.45, 7) is 0. The molecule has 1 aliphatic carbocycles. The normalized spacial score (nSPS) is 28.4. The van der Waals surface area contributed by atoms with E-state index in [0.717, 1.165) is 29.2 Å². The molecule has 0 aliphatic heterocycles. The van der Waals surface area contributed by atoms with Crippen LogP contribution in [0.1, 0.15) is 31.2 Å². The SMILES string of the molecule is NC1CCCC(F)(c2cccc3cnccc23)C1. The molecule has 1 aromatic heterocycles. The zero-order valence-electron chi connectivity index (χ0n) is 10.3. The number of nitrogens with zero attached hydrogens (tertiary/aromatic N) is 1. The highest BCUT2D eigenvalue weighted by Gasteiger charge is 2.37. The van der Waals surface area contributed by atoms with Gasteiger partial charge in [0.05, 0.1) is 0 Å². The molecule has 0 radical (unpaired) electrons. The molecular formula is C15H17FN2. The van der Waals surface area contributed by atoms with Gasteiger partial charge in [0.25, 0.3) is 0 Å². The maximum atomic E-state index is 15.2. The lowest BCUT2D eigenvalue weighted by Crippen LogP contribution is -2.36. The summed E-state index contributed by atoms with van der Waals surface area (Å²) in [5.74, 6) is 0. The molecule has 0 spiro atoms. The van der Waals surface area contributed by atoms with E-state index in [-0.39, 0.29) is 6.04 Å². The predicted octanol–water partition coefficient (Wildman–Crippen LogP) is 3.30.